The van der Waals surface area contributed by atoms with Crippen LogP contribution in [0.3, 0.4) is 0 Å². The van der Waals surface area contributed by atoms with Gasteiger partial charge in [-0.1, -0.05) is 39.1 Å². The Bertz CT molecular complexity index is 1200. The van der Waals surface area contributed by atoms with E-state index in [0.29, 0.717) is 17.3 Å². The van der Waals surface area contributed by atoms with Crippen molar-refractivity contribution in [3.05, 3.63) is 56.5 Å². The topological polar surface area (TPSA) is 69.7 Å². The second-order valence-electron chi connectivity index (χ2n) is 8.42. The summed E-state index contributed by atoms with van der Waals surface area (Å²) in [7, 11) is 0. The summed E-state index contributed by atoms with van der Waals surface area (Å²) >= 11 is 16.0. The number of hydrogen-bond acceptors (Lipinski definition) is 4. The van der Waals surface area contributed by atoms with Crippen molar-refractivity contribution in [3.63, 3.8) is 0 Å². The molecule has 3 fully saturated rings. The Morgan fingerprint density at radius 3 is 2.68 bits per heavy atom. The van der Waals surface area contributed by atoms with Crippen LogP contribution in [-0.2, 0) is 19.9 Å². The van der Waals surface area contributed by atoms with Gasteiger partial charge in [0.25, 0.3) is 0 Å². The van der Waals surface area contributed by atoms with Crippen LogP contribution in [0.5, 0.6) is 0 Å². The van der Waals surface area contributed by atoms with Crippen LogP contribution in [0.25, 0.3) is 0 Å². The van der Waals surface area contributed by atoms with Gasteiger partial charge in [0.2, 0.25) is 17.7 Å². The first-order chi connectivity index (χ1) is 14.9. The highest BCUT2D eigenvalue weighted by Crippen LogP contribution is 2.61. The summed E-state index contributed by atoms with van der Waals surface area (Å²) in [6.45, 7) is 0.662. The van der Waals surface area contributed by atoms with Gasteiger partial charge < -0.3 is 5.32 Å². The number of rotatable bonds is 1. The van der Waals surface area contributed by atoms with Crippen molar-refractivity contribution in [2.45, 2.75) is 24.4 Å². The molecule has 0 unspecified atom stereocenters. The minimum atomic E-state index is -1.21. The van der Waals surface area contributed by atoms with E-state index in [1.165, 1.54) is 6.07 Å². The number of fused-ring (bicyclic) bond motifs is 7. The maximum absolute atomic E-state index is 13.9. The molecule has 1 spiro atoms. The second kappa shape index (κ2) is 6.54. The predicted molar refractivity (Wildman–Crippen MR) is 120 cm³/mol. The highest BCUT2D eigenvalue weighted by molar-refractivity contribution is 9.10. The van der Waals surface area contributed by atoms with Crippen molar-refractivity contribution < 1.29 is 14.4 Å². The standard InChI is InChI=1S/C22H16BrCl2N3O3/c23-10-3-6-14-12(8-10)22(21(31)26-14)18-17(15-2-1-7-27(15)22)19(29)28(20(18)30)16-9-11(24)4-5-13(16)25/h3-6,8-9,15,17-18H,1-2,7H2,(H,26,31)/t15-,17-,18-,22+/m0/s1. The lowest BCUT2D eigenvalue weighted by Gasteiger charge is -2.36. The normalized spacial score (nSPS) is 31.4. The van der Waals surface area contributed by atoms with Gasteiger partial charge in [-0.2, -0.15) is 0 Å². The Balaban J connectivity index is 1.58. The predicted octanol–water partition coefficient (Wildman–Crippen LogP) is 4.19. The zero-order valence-electron chi connectivity index (χ0n) is 16.1. The van der Waals surface area contributed by atoms with Crippen molar-refractivity contribution in [1.29, 1.82) is 0 Å². The molecule has 1 N–H and O–H groups in total. The van der Waals surface area contributed by atoms with Gasteiger partial charge in [0.05, 0.1) is 22.5 Å². The molecule has 0 radical (unpaired) electrons. The fraction of sp³-hybridized carbons (Fsp3) is 0.318. The quantitative estimate of drug-likeness (QED) is 0.572. The third-order valence-corrected chi connectivity index (χ3v) is 8.15. The van der Waals surface area contributed by atoms with Gasteiger partial charge in [0.1, 0.15) is 5.54 Å². The Hall–Kier alpha value is -1.93. The van der Waals surface area contributed by atoms with Crippen molar-refractivity contribution in [3.8, 4) is 0 Å². The Kier molecular flexibility index (Phi) is 4.16. The lowest BCUT2D eigenvalue weighted by molar-refractivity contribution is -0.135. The molecule has 0 aromatic heterocycles. The van der Waals surface area contributed by atoms with Crippen LogP contribution in [0.1, 0.15) is 18.4 Å². The van der Waals surface area contributed by atoms with Crippen LogP contribution < -0.4 is 10.2 Å². The molecular formula is C22H16BrCl2N3O3. The maximum atomic E-state index is 13.9. The summed E-state index contributed by atoms with van der Waals surface area (Å²) in [6.07, 6.45) is 1.63. The number of carbonyl (C=O) groups excluding carboxylic acids is 3. The van der Waals surface area contributed by atoms with Crippen LogP contribution in [0.4, 0.5) is 11.4 Å². The van der Waals surface area contributed by atoms with E-state index >= 15 is 0 Å². The second-order valence-corrected chi connectivity index (χ2v) is 10.2. The summed E-state index contributed by atoms with van der Waals surface area (Å²) in [5, 5.41) is 3.61. The van der Waals surface area contributed by atoms with E-state index < -0.39 is 23.3 Å². The molecule has 158 valence electrons. The van der Waals surface area contributed by atoms with Crippen LogP contribution in [0.15, 0.2) is 40.9 Å². The van der Waals surface area contributed by atoms with Gasteiger partial charge in [-0.05, 0) is 55.8 Å². The molecule has 6 rings (SSSR count). The maximum Gasteiger partial charge on any atom is 0.250 e. The van der Waals surface area contributed by atoms with Crippen LogP contribution in [0.2, 0.25) is 10.0 Å². The molecule has 2 aromatic carbocycles. The number of anilines is 2. The summed E-state index contributed by atoms with van der Waals surface area (Å²) < 4.78 is 0.813. The zero-order chi connectivity index (χ0) is 21.7. The molecule has 9 heteroatoms. The lowest BCUT2D eigenvalue weighted by atomic mass is 9.75. The Labute approximate surface area is 196 Å². The van der Waals surface area contributed by atoms with E-state index in [9.17, 15) is 14.4 Å². The number of nitrogens with one attached hydrogen (secondary N) is 1. The zero-order valence-corrected chi connectivity index (χ0v) is 19.2. The number of amides is 3. The van der Waals surface area contributed by atoms with Gasteiger partial charge in [0, 0.05) is 26.8 Å². The summed E-state index contributed by atoms with van der Waals surface area (Å²) in [5.41, 5.74) is 0.480. The number of benzene rings is 2. The molecule has 6 nitrogen and oxygen atoms in total. The Morgan fingerprint density at radius 1 is 1.06 bits per heavy atom. The first-order valence-electron chi connectivity index (χ1n) is 10.1. The van der Waals surface area contributed by atoms with Gasteiger partial charge in [-0.15, -0.1) is 0 Å². The molecule has 4 heterocycles. The SMILES string of the molecule is O=C1[C@@H]2[C@@H](C(=O)N1c1cc(Cl)ccc1Cl)[C@]1(C(=O)Nc3ccc(Br)cc31)N1CCC[C@@H]21. The van der Waals surface area contributed by atoms with Gasteiger partial charge >= 0.3 is 0 Å². The van der Waals surface area contributed by atoms with E-state index in [1.807, 2.05) is 18.2 Å². The molecule has 0 bridgehead atoms. The van der Waals surface area contributed by atoms with Crippen LogP contribution >= 0.6 is 39.1 Å². The van der Waals surface area contributed by atoms with E-state index in [2.05, 4.69) is 26.1 Å². The molecule has 2 aromatic rings. The van der Waals surface area contributed by atoms with Crippen LogP contribution in [-0.4, -0.2) is 35.2 Å². The monoisotopic (exact) mass is 519 g/mol. The van der Waals surface area contributed by atoms with E-state index in [4.69, 9.17) is 23.2 Å². The van der Waals surface area contributed by atoms with Gasteiger partial charge in [0.15, 0.2) is 0 Å². The average molecular weight is 521 g/mol. The molecule has 31 heavy (non-hydrogen) atoms. The van der Waals surface area contributed by atoms with E-state index in [1.54, 1.807) is 12.1 Å². The fourth-order valence-corrected chi connectivity index (χ4v) is 6.80. The minimum absolute atomic E-state index is 0.180. The van der Waals surface area contributed by atoms with E-state index in [0.717, 1.165) is 27.8 Å². The van der Waals surface area contributed by atoms with E-state index in [-0.39, 0.29) is 28.6 Å². The molecule has 3 amide bonds. The third kappa shape index (κ3) is 2.35. The van der Waals surface area contributed by atoms with Crippen molar-refractivity contribution >= 4 is 68.2 Å². The smallest absolute Gasteiger partial charge is 0.250 e. The highest BCUT2D eigenvalue weighted by atomic mass is 79.9. The van der Waals surface area contributed by atoms with Gasteiger partial charge in [-0.25, -0.2) is 4.90 Å². The van der Waals surface area contributed by atoms with Crippen molar-refractivity contribution in [2.24, 2.45) is 11.8 Å². The Morgan fingerprint density at radius 2 is 1.87 bits per heavy atom. The molecule has 4 aliphatic heterocycles. The first kappa shape index (κ1) is 19.7. The van der Waals surface area contributed by atoms with Crippen molar-refractivity contribution in [1.82, 2.24) is 4.90 Å². The molecule has 4 atom stereocenters. The number of hydrogen-bond donors (Lipinski definition) is 1. The summed E-state index contributed by atoms with van der Waals surface area (Å²) in [5.74, 6) is -2.41. The molecular weight excluding hydrogens is 505 g/mol. The molecule has 0 saturated carbocycles. The number of nitrogens with zero attached hydrogens (tertiary/aromatic N) is 2. The summed E-state index contributed by atoms with van der Waals surface area (Å²) in [4.78, 5) is 44.3. The molecule has 4 aliphatic rings. The largest absolute Gasteiger partial charge is 0.324 e. The van der Waals surface area contributed by atoms with Crippen LogP contribution in [0, 0.1) is 11.8 Å². The third-order valence-electron chi connectivity index (χ3n) is 7.10. The lowest BCUT2D eigenvalue weighted by Crippen LogP contribution is -2.54. The van der Waals surface area contributed by atoms with Crippen molar-refractivity contribution in [2.75, 3.05) is 16.8 Å². The average Bonchev–Trinajstić information content (AvgIpc) is 3.43. The molecule has 3 saturated heterocycles. The first-order valence-corrected chi connectivity index (χ1v) is 11.6. The highest BCUT2D eigenvalue weighted by Gasteiger charge is 2.74. The number of imide groups is 1. The fourth-order valence-electron chi connectivity index (χ4n) is 6.07. The summed E-state index contributed by atoms with van der Waals surface area (Å²) in [6, 6.07) is 10.1. The molecule has 0 aliphatic carbocycles. The number of halogens is 3. The number of carbonyl (C=O) groups is 3. The minimum Gasteiger partial charge on any atom is -0.324 e. The van der Waals surface area contributed by atoms with Gasteiger partial charge in [-0.3, -0.25) is 19.3 Å².